The van der Waals surface area contributed by atoms with Crippen LogP contribution in [0, 0.1) is 0 Å². The molecule has 0 N–H and O–H groups in total. The lowest BCUT2D eigenvalue weighted by atomic mass is 10.3. The molecule has 0 spiro atoms. The number of esters is 1. The van der Waals surface area contributed by atoms with Gasteiger partial charge in [-0.2, -0.15) is 0 Å². The van der Waals surface area contributed by atoms with Crippen LogP contribution in [0.1, 0.15) is 13.8 Å². The first-order valence-electron chi connectivity index (χ1n) is 5.52. The molecule has 1 aliphatic heterocycles. The number of carbonyl (C=O) groups is 1. The fourth-order valence-electron chi connectivity index (χ4n) is 1.69. The van der Waals surface area contributed by atoms with E-state index in [0.717, 1.165) is 32.7 Å². The van der Waals surface area contributed by atoms with E-state index >= 15 is 0 Å². The van der Waals surface area contributed by atoms with E-state index in [0.29, 0.717) is 5.70 Å². The van der Waals surface area contributed by atoms with Crippen LogP contribution in [-0.4, -0.2) is 61.0 Å². The fourth-order valence-corrected chi connectivity index (χ4v) is 1.69. The number of rotatable bonds is 4. The number of carbonyl (C=O) groups excluding carboxylic acids is 2. The van der Waals surface area contributed by atoms with Crippen LogP contribution in [-0.2, 0) is 14.3 Å². The van der Waals surface area contributed by atoms with Crippen LogP contribution < -0.4 is 0 Å². The van der Waals surface area contributed by atoms with E-state index in [4.69, 9.17) is 4.74 Å². The van der Waals surface area contributed by atoms with Crippen molar-refractivity contribution < 1.29 is 14.3 Å². The summed E-state index contributed by atoms with van der Waals surface area (Å²) in [5.41, 5.74) is 0.436. The average Bonchev–Trinajstić information content (AvgIpc) is 2.30. The Morgan fingerprint density at radius 3 is 2.38 bits per heavy atom. The minimum absolute atomic E-state index is 0.0327. The first-order valence-corrected chi connectivity index (χ1v) is 5.52. The molecule has 0 aliphatic carbocycles. The topological polar surface area (TPSA) is 49.9 Å². The summed E-state index contributed by atoms with van der Waals surface area (Å²) in [4.78, 5) is 25.7. The van der Waals surface area contributed by atoms with Crippen LogP contribution >= 0.6 is 0 Å². The number of piperazine rings is 1. The van der Waals surface area contributed by atoms with Crippen LogP contribution in [0.25, 0.3) is 0 Å². The Labute approximate surface area is 95.6 Å². The quantitative estimate of drug-likeness (QED) is 0.495. The Balaban J connectivity index is 2.44. The third kappa shape index (κ3) is 3.68. The molecule has 0 unspecified atom stereocenters. The lowest BCUT2D eigenvalue weighted by Gasteiger charge is -2.35. The normalized spacial score (nSPS) is 16.8. The molecule has 5 nitrogen and oxygen atoms in total. The standard InChI is InChI=1S/C11H18N2O3/c1-3-12-4-6-13(7-5-12)11(8-14)9-16-10(2)15/h3-7,9H2,1-2H3. The van der Waals surface area contributed by atoms with Crippen LogP contribution in [0.4, 0.5) is 0 Å². The molecule has 1 rings (SSSR count). The summed E-state index contributed by atoms with van der Waals surface area (Å²) in [5, 5.41) is 0. The minimum atomic E-state index is -0.375. The van der Waals surface area contributed by atoms with Gasteiger partial charge in [0.25, 0.3) is 0 Å². The van der Waals surface area contributed by atoms with Crippen molar-refractivity contribution in [3.8, 4) is 0 Å². The van der Waals surface area contributed by atoms with Gasteiger partial charge in [-0.3, -0.25) is 4.79 Å². The maximum atomic E-state index is 10.8. The van der Waals surface area contributed by atoms with Crippen molar-refractivity contribution in [3.05, 3.63) is 5.70 Å². The molecule has 5 heteroatoms. The minimum Gasteiger partial charge on any atom is -0.459 e. The lowest BCUT2D eigenvalue weighted by Crippen LogP contribution is -2.46. The van der Waals surface area contributed by atoms with Crippen LogP contribution in [0.5, 0.6) is 0 Å². The molecule has 0 atom stereocenters. The SMILES string of the molecule is CCN1CCN(C(=C=O)COC(C)=O)CC1. The largest absolute Gasteiger partial charge is 0.459 e. The summed E-state index contributed by atoms with van der Waals surface area (Å²) < 4.78 is 4.81. The molecule has 0 amide bonds. The van der Waals surface area contributed by atoms with Gasteiger partial charge in [-0.05, 0) is 6.54 Å². The highest BCUT2D eigenvalue weighted by Crippen LogP contribution is 2.07. The molecule has 0 radical (unpaired) electrons. The van der Waals surface area contributed by atoms with Crippen molar-refractivity contribution in [2.24, 2.45) is 0 Å². The van der Waals surface area contributed by atoms with Gasteiger partial charge in [-0.15, -0.1) is 0 Å². The molecule has 1 aliphatic rings. The van der Waals surface area contributed by atoms with Gasteiger partial charge >= 0.3 is 5.97 Å². The van der Waals surface area contributed by atoms with Crippen molar-refractivity contribution >= 4 is 11.9 Å². The molecule has 1 saturated heterocycles. The van der Waals surface area contributed by atoms with Crippen molar-refractivity contribution in [2.75, 3.05) is 39.3 Å². The number of nitrogens with zero attached hydrogens (tertiary/aromatic N) is 2. The number of likely N-dealkylation sites (N-methyl/N-ethyl adjacent to an activating group) is 1. The maximum Gasteiger partial charge on any atom is 0.303 e. The predicted molar refractivity (Wildman–Crippen MR) is 59.5 cm³/mol. The van der Waals surface area contributed by atoms with E-state index in [1.165, 1.54) is 6.92 Å². The summed E-state index contributed by atoms with van der Waals surface area (Å²) in [7, 11) is 0. The molecular formula is C11H18N2O3. The maximum absolute atomic E-state index is 10.8. The number of hydrogen-bond donors (Lipinski definition) is 0. The van der Waals surface area contributed by atoms with E-state index < -0.39 is 0 Å². The zero-order valence-corrected chi connectivity index (χ0v) is 9.86. The van der Waals surface area contributed by atoms with Crippen LogP contribution in [0.3, 0.4) is 0 Å². The van der Waals surface area contributed by atoms with E-state index in [-0.39, 0.29) is 12.6 Å². The molecule has 16 heavy (non-hydrogen) atoms. The molecule has 0 bridgehead atoms. The zero-order chi connectivity index (χ0) is 12.0. The van der Waals surface area contributed by atoms with E-state index in [1.807, 2.05) is 10.8 Å². The predicted octanol–water partition coefficient (Wildman–Crippen LogP) is -0.0975. The highest BCUT2D eigenvalue weighted by Gasteiger charge is 2.18. The second-order valence-corrected chi connectivity index (χ2v) is 3.75. The Morgan fingerprint density at radius 1 is 1.31 bits per heavy atom. The van der Waals surface area contributed by atoms with Crippen molar-refractivity contribution in [1.29, 1.82) is 0 Å². The van der Waals surface area contributed by atoms with Gasteiger partial charge < -0.3 is 14.5 Å². The van der Waals surface area contributed by atoms with Crippen LogP contribution in [0.15, 0.2) is 5.70 Å². The second-order valence-electron chi connectivity index (χ2n) is 3.75. The fraction of sp³-hybridized carbons (Fsp3) is 0.727. The van der Waals surface area contributed by atoms with E-state index in [1.54, 1.807) is 0 Å². The summed E-state index contributed by atoms with van der Waals surface area (Å²) in [6.07, 6.45) is 0. The summed E-state index contributed by atoms with van der Waals surface area (Å²) in [5.74, 6) is 1.48. The van der Waals surface area contributed by atoms with Crippen molar-refractivity contribution in [1.82, 2.24) is 9.80 Å². The molecule has 1 heterocycles. The number of hydrogen-bond acceptors (Lipinski definition) is 5. The first-order chi connectivity index (χ1) is 7.67. The molecule has 0 saturated carbocycles. The monoisotopic (exact) mass is 226 g/mol. The molecule has 0 aromatic heterocycles. The molecule has 1 fully saturated rings. The lowest BCUT2D eigenvalue weighted by molar-refractivity contribution is -0.140. The molecule has 0 aromatic rings. The van der Waals surface area contributed by atoms with Gasteiger partial charge in [0, 0.05) is 33.1 Å². The Bertz CT molecular complexity index is 290. The van der Waals surface area contributed by atoms with Gasteiger partial charge in [-0.1, -0.05) is 6.92 Å². The van der Waals surface area contributed by atoms with Crippen molar-refractivity contribution in [2.45, 2.75) is 13.8 Å². The summed E-state index contributed by atoms with van der Waals surface area (Å²) in [6.45, 7) is 7.95. The molecule has 90 valence electrons. The Hall–Kier alpha value is -1.32. The summed E-state index contributed by atoms with van der Waals surface area (Å²) >= 11 is 0. The highest BCUT2D eigenvalue weighted by atomic mass is 16.5. The third-order valence-corrected chi connectivity index (χ3v) is 2.73. The Kier molecular flexibility index (Phi) is 5.02. The van der Waals surface area contributed by atoms with Crippen molar-refractivity contribution in [3.63, 3.8) is 0 Å². The molecule has 0 aromatic carbocycles. The Morgan fingerprint density at radius 2 is 1.94 bits per heavy atom. The smallest absolute Gasteiger partial charge is 0.303 e. The average molecular weight is 226 g/mol. The van der Waals surface area contributed by atoms with Gasteiger partial charge in [0.2, 0.25) is 0 Å². The van der Waals surface area contributed by atoms with E-state index in [2.05, 4.69) is 11.8 Å². The first kappa shape index (κ1) is 12.7. The third-order valence-electron chi connectivity index (χ3n) is 2.73. The van der Waals surface area contributed by atoms with Gasteiger partial charge in [0.05, 0.1) is 0 Å². The van der Waals surface area contributed by atoms with Gasteiger partial charge in [0.15, 0.2) is 0 Å². The zero-order valence-electron chi connectivity index (χ0n) is 9.86. The second kappa shape index (κ2) is 6.30. The highest BCUT2D eigenvalue weighted by molar-refractivity contribution is 5.66. The van der Waals surface area contributed by atoms with Crippen LogP contribution in [0.2, 0.25) is 0 Å². The van der Waals surface area contributed by atoms with Gasteiger partial charge in [-0.25, -0.2) is 4.79 Å². The van der Waals surface area contributed by atoms with E-state index in [9.17, 15) is 9.59 Å². The molecular weight excluding hydrogens is 208 g/mol. The number of ether oxygens (including phenoxy) is 1. The summed E-state index contributed by atoms with van der Waals surface area (Å²) in [6, 6.07) is 0. The van der Waals surface area contributed by atoms with Gasteiger partial charge in [0.1, 0.15) is 18.2 Å².